The number of furan rings is 1. The van der Waals surface area contributed by atoms with Crippen LogP contribution in [0.5, 0.6) is 11.5 Å². The van der Waals surface area contributed by atoms with E-state index in [1.54, 1.807) is 0 Å². The Bertz CT molecular complexity index is 505. The van der Waals surface area contributed by atoms with Gasteiger partial charge in [0.05, 0.1) is 13.2 Å². The molecule has 1 heterocycles. The van der Waals surface area contributed by atoms with E-state index in [9.17, 15) is 0 Å². The van der Waals surface area contributed by atoms with Crippen LogP contribution in [-0.4, -0.2) is 13.7 Å². The van der Waals surface area contributed by atoms with Gasteiger partial charge in [-0.3, -0.25) is 0 Å². The highest BCUT2D eigenvalue weighted by molar-refractivity contribution is 5.31. The third kappa shape index (κ3) is 4.31. The van der Waals surface area contributed by atoms with E-state index in [0.717, 1.165) is 42.6 Å². The van der Waals surface area contributed by atoms with Gasteiger partial charge in [-0.15, -0.1) is 0 Å². The van der Waals surface area contributed by atoms with Crippen LogP contribution in [0.4, 0.5) is 0 Å². The van der Waals surface area contributed by atoms with E-state index in [-0.39, 0.29) is 0 Å². The molecule has 0 saturated heterocycles. The van der Waals surface area contributed by atoms with Crippen LogP contribution in [0.1, 0.15) is 24.9 Å². The molecule has 4 nitrogen and oxygen atoms in total. The van der Waals surface area contributed by atoms with E-state index in [0.29, 0.717) is 6.61 Å². The number of hydrogen-bond acceptors (Lipinski definition) is 4. The van der Waals surface area contributed by atoms with Crippen molar-refractivity contribution < 1.29 is 13.9 Å². The average Bonchev–Trinajstić information content (AvgIpc) is 2.92. The number of benzene rings is 1. The van der Waals surface area contributed by atoms with Gasteiger partial charge in [0.15, 0.2) is 0 Å². The minimum Gasteiger partial charge on any atom is -0.494 e. The lowest BCUT2D eigenvalue weighted by Gasteiger charge is -2.07. The molecule has 0 unspecified atom stereocenters. The smallest absolute Gasteiger partial charge is 0.146 e. The van der Waals surface area contributed by atoms with Gasteiger partial charge in [-0.2, -0.15) is 0 Å². The Morgan fingerprint density at radius 2 is 1.60 bits per heavy atom. The summed E-state index contributed by atoms with van der Waals surface area (Å²) in [6, 6.07) is 11.5. The summed E-state index contributed by atoms with van der Waals surface area (Å²) < 4.78 is 16.8. The molecule has 0 bridgehead atoms. The molecular formula is C16H21NO3. The Morgan fingerprint density at radius 3 is 2.25 bits per heavy atom. The Kier molecular flexibility index (Phi) is 5.50. The predicted molar refractivity (Wildman–Crippen MR) is 78.0 cm³/mol. The van der Waals surface area contributed by atoms with Gasteiger partial charge in [-0.1, -0.05) is 6.92 Å². The molecule has 0 fully saturated rings. The van der Waals surface area contributed by atoms with Crippen LogP contribution in [0, 0.1) is 0 Å². The lowest BCUT2D eigenvalue weighted by Crippen LogP contribution is -2.03. The first-order chi connectivity index (χ1) is 9.81. The van der Waals surface area contributed by atoms with E-state index in [4.69, 9.17) is 13.9 Å². The second-order valence-electron chi connectivity index (χ2n) is 4.51. The molecule has 0 aliphatic carbocycles. The molecule has 4 heteroatoms. The van der Waals surface area contributed by atoms with Crippen LogP contribution in [0.3, 0.4) is 0 Å². The average molecular weight is 275 g/mol. The lowest BCUT2D eigenvalue weighted by molar-refractivity contribution is 0.264. The number of hydrogen-bond donors (Lipinski definition) is 1. The van der Waals surface area contributed by atoms with Crippen molar-refractivity contribution in [3.63, 3.8) is 0 Å². The van der Waals surface area contributed by atoms with Crippen molar-refractivity contribution >= 4 is 0 Å². The van der Waals surface area contributed by atoms with Crippen molar-refractivity contribution in [1.29, 1.82) is 0 Å². The first-order valence-corrected chi connectivity index (χ1v) is 6.89. The third-order valence-corrected chi connectivity index (χ3v) is 2.75. The zero-order chi connectivity index (χ0) is 14.2. The molecule has 0 aliphatic heterocycles. The van der Waals surface area contributed by atoms with Gasteiger partial charge in [-0.05, 0) is 49.9 Å². The maximum atomic E-state index is 5.67. The minimum absolute atomic E-state index is 0.429. The van der Waals surface area contributed by atoms with E-state index in [1.165, 1.54) is 0 Å². The van der Waals surface area contributed by atoms with Gasteiger partial charge in [0.2, 0.25) is 0 Å². The fourth-order valence-electron chi connectivity index (χ4n) is 1.78. The Morgan fingerprint density at radius 1 is 0.950 bits per heavy atom. The molecule has 0 spiro atoms. The standard InChI is InChI=1S/C16H21NO3/c1-3-10-18-13-4-6-14(7-5-13)19-12-16-9-8-15(20-16)11-17-2/h4-9,17H,3,10-12H2,1-2H3. The van der Waals surface area contributed by atoms with Crippen molar-refractivity contribution in [1.82, 2.24) is 5.32 Å². The molecule has 1 aromatic carbocycles. The highest BCUT2D eigenvalue weighted by Gasteiger charge is 2.02. The van der Waals surface area contributed by atoms with Crippen molar-refractivity contribution in [3.8, 4) is 11.5 Å². The number of rotatable bonds is 8. The van der Waals surface area contributed by atoms with Gasteiger partial charge < -0.3 is 19.2 Å². The second kappa shape index (κ2) is 7.60. The zero-order valence-corrected chi connectivity index (χ0v) is 12.0. The minimum atomic E-state index is 0.429. The largest absolute Gasteiger partial charge is 0.494 e. The maximum Gasteiger partial charge on any atom is 0.146 e. The topological polar surface area (TPSA) is 43.6 Å². The maximum absolute atomic E-state index is 5.67. The van der Waals surface area contributed by atoms with E-state index >= 15 is 0 Å². The third-order valence-electron chi connectivity index (χ3n) is 2.75. The summed E-state index contributed by atoms with van der Waals surface area (Å²) in [5.74, 6) is 3.41. The summed E-state index contributed by atoms with van der Waals surface area (Å²) in [6.07, 6.45) is 1.01. The van der Waals surface area contributed by atoms with Crippen molar-refractivity contribution in [2.45, 2.75) is 26.5 Å². The molecule has 20 heavy (non-hydrogen) atoms. The molecule has 0 saturated carbocycles. The summed E-state index contributed by atoms with van der Waals surface area (Å²) in [5.41, 5.74) is 0. The molecule has 0 radical (unpaired) electrons. The van der Waals surface area contributed by atoms with Crippen LogP contribution in [0.15, 0.2) is 40.8 Å². The fraction of sp³-hybridized carbons (Fsp3) is 0.375. The molecule has 2 aromatic rings. The van der Waals surface area contributed by atoms with Gasteiger partial charge in [0.1, 0.15) is 29.6 Å². The summed E-state index contributed by atoms with van der Waals surface area (Å²) in [7, 11) is 1.89. The molecule has 1 N–H and O–H groups in total. The first kappa shape index (κ1) is 14.5. The molecule has 1 aromatic heterocycles. The SMILES string of the molecule is CCCOc1ccc(OCc2ccc(CNC)o2)cc1. The normalized spacial score (nSPS) is 10.5. The van der Waals surface area contributed by atoms with Crippen LogP contribution < -0.4 is 14.8 Å². The molecule has 108 valence electrons. The van der Waals surface area contributed by atoms with Crippen LogP contribution in [0.25, 0.3) is 0 Å². The predicted octanol–water partition coefficient (Wildman–Crippen LogP) is 3.37. The highest BCUT2D eigenvalue weighted by atomic mass is 16.5. The molecule has 0 amide bonds. The van der Waals surface area contributed by atoms with Gasteiger partial charge >= 0.3 is 0 Å². The number of ether oxygens (including phenoxy) is 2. The van der Waals surface area contributed by atoms with Gasteiger partial charge in [-0.25, -0.2) is 0 Å². The Labute approximate surface area is 119 Å². The quantitative estimate of drug-likeness (QED) is 0.802. The molecule has 2 rings (SSSR count). The number of nitrogens with one attached hydrogen (secondary N) is 1. The highest BCUT2D eigenvalue weighted by Crippen LogP contribution is 2.19. The second-order valence-corrected chi connectivity index (χ2v) is 4.51. The first-order valence-electron chi connectivity index (χ1n) is 6.89. The van der Waals surface area contributed by atoms with Crippen LogP contribution in [0.2, 0.25) is 0 Å². The summed E-state index contributed by atoms with van der Waals surface area (Å²) >= 11 is 0. The zero-order valence-electron chi connectivity index (χ0n) is 12.0. The van der Waals surface area contributed by atoms with E-state index in [1.807, 2.05) is 43.4 Å². The molecule has 0 aliphatic rings. The van der Waals surface area contributed by atoms with Crippen molar-refractivity contribution in [2.24, 2.45) is 0 Å². The van der Waals surface area contributed by atoms with Gasteiger partial charge in [0, 0.05) is 0 Å². The van der Waals surface area contributed by atoms with Crippen LogP contribution >= 0.6 is 0 Å². The van der Waals surface area contributed by atoms with Crippen LogP contribution in [-0.2, 0) is 13.2 Å². The van der Waals surface area contributed by atoms with E-state index in [2.05, 4.69) is 12.2 Å². The van der Waals surface area contributed by atoms with Gasteiger partial charge in [0.25, 0.3) is 0 Å². The van der Waals surface area contributed by atoms with Crippen molar-refractivity contribution in [2.75, 3.05) is 13.7 Å². The van der Waals surface area contributed by atoms with Crippen molar-refractivity contribution in [3.05, 3.63) is 47.9 Å². The fourth-order valence-corrected chi connectivity index (χ4v) is 1.78. The summed E-state index contributed by atoms with van der Waals surface area (Å²) in [6.45, 7) is 3.98. The lowest BCUT2D eigenvalue weighted by atomic mass is 10.3. The molecular weight excluding hydrogens is 254 g/mol. The Hall–Kier alpha value is -1.94. The van der Waals surface area contributed by atoms with E-state index < -0.39 is 0 Å². The summed E-state index contributed by atoms with van der Waals surface area (Å²) in [4.78, 5) is 0. The molecule has 0 atom stereocenters. The summed E-state index contributed by atoms with van der Waals surface area (Å²) in [5, 5.41) is 3.05. The monoisotopic (exact) mass is 275 g/mol. The Balaban J connectivity index is 1.83.